The highest BCUT2D eigenvalue weighted by Gasteiger charge is 1.97. The van der Waals surface area contributed by atoms with Crippen molar-refractivity contribution in [1.82, 2.24) is 0 Å². The monoisotopic (exact) mass is 214 g/mol. The molecule has 0 bridgehead atoms. The average molecular weight is 214 g/mol. The normalized spacial score (nSPS) is 10.1. The lowest BCUT2D eigenvalue weighted by Gasteiger charge is -2.03. The minimum atomic E-state index is 0.722. The lowest BCUT2D eigenvalue weighted by atomic mass is 10.1. The lowest BCUT2D eigenvalue weighted by Crippen LogP contribution is -1.91. The topological polar surface area (TPSA) is 18.5 Å². The molecule has 0 spiro atoms. The SMILES string of the molecule is COOc1ccc(Cc2ccccc2)cc1. The molecule has 82 valence electrons. The van der Waals surface area contributed by atoms with Crippen LogP contribution < -0.4 is 4.89 Å². The maximum atomic E-state index is 4.91. The Balaban J connectivity index is 2.05. The fourth-order valence-corrected chi connectivity index (χ4v) is 1.59. The lowest BCUT2D eigenvalue weighted by molar-refractivity contribution is -0.178. The first kappa shape index (κ1) is 10.7. The van der Waals surface area contributed by atoms with Crippen molar-refractivity contribution in [3.05, 3.63) is 65.7 Å². The van der Waals surface area contributed by atoms with Crippen LogP contribution in [0.4, 0.5) is 0 Å². The van der Waals surface area contributed by atoms with Gasteiger partial charge in [-0.25, -0.2) is 0 Å². The Morgan fingerprint density at radius 2 is 1.44 bits per heavy atom. The Bertz CT molecular complexity index is 420. The molecule has 2 nitrogen and oxygen atoms in total. The van der Waals surface area contributed by atoms with Gasteiger partial charge in [-0.1, -0.05) is 42.5 Å². The van der Waals surface area contributed by atoms with Gasteiger partial charge in [0.25, 0.3) is 0 Å². The first-order valence-corrected chi connectivity index (χ1v) is 5.22. The number of benzene rings is 2. The summed E-state index contributed by atoms with van der Waals surface area (Å²) in [6, 6.07) is 18.3. The van der Waals surface area contributed by atoms with E-state index < -0.39 is 0 Å². The molecule has 0 heterocycles. The van der Waals surface area contributed by atoms with Gasteiger partial charge in [0.1, 0.15) is 0 Å². The molecular weight excluding hydrogens is 200 g/mol. The summed E-state index contributed by atoms with van der Waals surface area (Å²) in [7, 11) is 1.50. The van der Waals surface area contributed by atoms with Gasteiger partial charge >= 0.3 is 0 Å². The summed E-state index contributed by atoms with van der Waals surface area (Å²) in [4.78, 5) is 9.50. The highest BCUT2D eigenvalue weighted by molar-refractivity contribution is 5.31. The molecule has 0 radical (unpaired) electrons. The molecule has 2 aromatic carbocycles. The zero-order valence-electron chi connectivity index (χ0n) is 9.22. The van der Waals surface area contributed by atoms with E-state index >= 15 is 0 Å². The van der Waals surface area contributed by atoms with Gasteiger partial charge in [-0.3, -0.25) is 0 Å². The minimum Gasteiger partial charge on any atom is -0.338 e. The van der Waals surface area contributed by atoms with E-state index in [2.05, 4.69) is 29.2 Å². The molecule has 0 unspecified atom stereocenters. The van der Waals surface area contributed by atoms with E-state index in [1.54, 1.807) is 0 Å². The van der Waals surface area contributed by atoms with Gasteiger partial charge in [0, 0.05) is 0 Å². The molecule has 0 atom stereocenters. The largest absolute Gasteiger partial charge is 0.338 e. The van der Waals surface area contributed by atoms with Crippen LogP contribution >= 0.6 is 0 Å². The molecular formula is C14H14O2. The van der Waals surface area contributed by atoms with Crippen molar-refractivity contribution in [2.45, 2.75) is 6.42 Å². The van der Waals surface area contributed by atoms with Crippen LogP contribution in [0.25, 0.3) is 0 Å². The van der Waals surface area contributed by atoms with Gasteiger partial charge in [-0.05, 0) is 29.7 Å². The Kier molecular flexibility index (Phi) is 3.57. The zero-order chi connectivity index (χ0) is 11.2. The van der Waals surface area contributed by atoms with Crippen LogP contribution in [0.3, 0.4) is 0 Å². The molecule has 0 amide bonds. The molecule has 0 aliphatic heterocycles. The molecule has 2 rings (SSSR count). The molecule has 0 aromatic heterocycles. The van der Waals surface area contributed by atoms with E-state index in [-0.39, 0.29) is 0 Å². The van der Waals surface area contributed by atoms with Gasteiger partial charge in [0.05, 0.1) is 7.11 Å². The number of rotatable bonds is 4. The third-order valence-electron chi connectivity index (χ3n) is 2.35. The summed E-state index contributed by atoms with van der Waals surface area (Å²) in [6.45, 7) is 0. The van der Waals surface area contributed by atoms with Crippen molar-refractivity contribution < 1.29 is 9.78 Å². The average Bonchev–Trinajstić information content (AvgIpc) is 2.33. The van der Waals surface area contributed by atoms with E-state index in [1.807, 2.05) is 30.3 Å². The van der Waals surface area contributed by atoms with Gasteiger partial charge in [0.2, 0.25) is 0 Å². The van der Waals surface area contributed by atoms with Crippen LogP contribution in [0.2, 0.25) is 0 Å². The zero-order valence-corrected chi connectivity index (χ0v) is 9.22. The van der Waals surface area contributed by atoms with E-state index in [4.69, 9.17) is 4.89 Å². The van der Waals surface area contributed by atoms with E-state index in [0.29, 0.717) is 0 Å². The second kappa shape index (κ2) is 5.33. The van der Waals surface area contributed by atoms with Crippen LogP contribution in [0.1, 0.15) is 11.1 Å². The van der Waals surface area contributed by atoms with Crippen LogP contribution in [0.5, 0.6) is 5.75 Å². The van der Waals surface area contributed by atoms with Gasteiger partial charge in [-0.2, -0.15) is 4.89 Å². The third-order valence-corrected chi connectivity index (χ3v) is 2.35. The van der Waals surface area contributed by atoms with Gasteiger partial charge < -0.3 is 4.89 Å². The van der Waals surface area contributed by atoms with Crippen molar-refractivity contribution in [2.75, 3.05) is 7.11 Å². The maximum Gasteiger partial charge on any atom is 0.165 e. The van der Waals surface area contributed by atoms with Gasteiger partial charge in [-0.15, -0.1) is 0 Å². The van der Waals surface area contributed by atoms with E-state index in [0.717, 1.165) is 12.2 Å². The summed E-state index contributed by atoms with van der Waals surface area (Å²) in [6.07, 6.45) is 0.939. The number of hydrogen-bond donors (Lipinski definition) is 0. The molecule has 2 aromatic rings. The van der Waals surface area contributed by atoms with Crippen molar-refractivity contribution in [2.24, 2.45) is 0 Å². The standard InChI is InChI=1S/C14H14O2/c1-15-16-14-9-7-13(8-10-14)11-12-5-3-2-4-6-12/h2-10H,11H2,1H3. The quantitative estimate of drug-likeness (QED) is 0.574. The summed E-state index contributed by atoms with van der Waals surface area (Å²) >= 11 is 0. The van der Waals surface area contributed by atoms with Crippen molar-refractivity contribution in [1.29, 1.82) is 0 Å². The molecule has 0 saturated heterocycles. The fraction of sp³-hybridized carbons (Fsp3) is 0.143. The summed E-state index contributed by atoms with van der Waals surface area (Å²) < 4.78 is 0. The molecule has 2 heteroatoms. The first-order chi connectivity index (χ1) is 7.88. The Morgan fingerprint density at radius 3 is 2.06 bits per heavy atom. The summed E-state index contributed by atoms with van der Waals surface area (Å²) in [5, 5.41) is 0. The highest BCUT2D eigenvalue weighted by Crippen LogP contribution is 2.15. The van der Waals surface area contributed by atoms with Crippen LogP contribution in [0, 0.1) is 0 Å². The third kappa shape index (κ3) is 2.84. The Morgan fingerprint density at radius 1 is 0.812 bits per heavy atom. The smallest absolute Gasteiger partial charge is 0.165 e. The van der Waals surface area contributed by atoms with E-state index in [1.165, 1.54) is 18.2 Å². The second-order valence-electron chi connectivity index (χ2n) is 3.56. The van der Waals surface area contributed by atoms with Crippen molar-refractivity contribution in [3.63, 3.8) is 0 Å². The van der Waals surface area contributed by atoms with Crippen molar-refractivity contribution in [3.8, 4) is 5.75 Å². The highest BCUT2D eigenvalue weighted by atomic mass is 17.2. The van der Waals surface area contributed by atoms with Crippen LogP contribution in [0.15, 0.2) is 54.6 Å². The Labute approximate surface area is 95.4 Å². The molecule has 0 aliphatic carbocycles. The van der Waals surface area contributed by atoms with Gasteiger partial charge in [0.15, 0.2) is 5.75 Å². The summed E-state index contributed by atoms with van der Waals surface area (Å²) in [5.74, 6) is 0.722. The molecule has 0 saturated carbocycles. The van der Waals surface area contributed by atoms with Crippen molar-refractivity contribution >= 4 is 0 Å². The molecule has 0 aliphatic rings. The predicted molar refractivity (Wildman–Crippen MR) is 63.3 cm³/mol. The van der Waals surface area contributed by atoms with Crippen LogP contribution in [-0.2, 0) is 11.3 Å². The second-order valence-corrected chi connectivity index (χ2v) is 3.56. The number of hydrogen-bond acceptors (Lipinski definition) is 2. The molecule has 0 N–H and O–H groups in total. The molecule has 16 heavy (non-hydrogen) atoms. The minimum absolute atomic E-state index is 0.722. The summed E-state index contributed by atoms with van der Waals surface area (Å²) in [5.41, 5.74) is 2.57. The predicted octanol–water partition coefficient (Wildman–Crippen LogP) is 3.22. The van der Waals surface area contributed by atoms with Crippen LogP contribution in [-0.4, -0.2) is 7.11 Å². The van der Waals surface area contributed by atoms with E-state index in [9.17, 15) is 0 Å². The first-order valence-electron chi connectivity index (χ1n) is 5.22. The fourth-order valence-electron chi connectivity index (χ4n) is 1.59. The molecule has 0 fully saturated rings. The maximum absolute atomic E-state index is 4.91. The Hall–Kier alpha value is -1.80.